The summed E-state index contributed by atoms with van der Waals surface area (Å²) in [5.74, 6) is 0.812. The van der Waals surface area contributed by atoms with E-state index in [1.165, 1.54) is 4.88 Å². The molecule has 3 nitrogen and oxygen atoms in total. The molecular formula is C13H12N2OS. The van der Waals surface area contributed by atoms with Crippen LogP contribution in [-0.4, -0.2) is 16.5 Å². The van der Waals surface area contributed by atoms with Crippen LogP contribution in [0.1, 0.15) is 10.6 Å². The summed E-state index contributed by atoms with van der Waals surface area (Å²) in [5, 5.41) is 2.09. The second-order valence-corrected chi connectivity index (χ2v) is 4.82. The second kappa shape index (κ2) is 4.22. The Labute approximate surface area is 103 Å². The number of fused-ring (bicyclic) bond motifs is 1. The fourth-order valence-corrected chi connectivity index (χ4v) is 2.60. The van der Waals surface area contributed by atoms with Crippen LogP contribution in [0.15, 0.2) is 41.9 Å². The van der Waals surface area contributed by atoms with E-state index in [0.29, 0.717) is 0 Å². The maximum Gasteiger partial charge on any atom is 0.198 e. The zero-order chi connectivity index (χ0) is 11.7. The van der Waals surface area contributed by atoms with Gasteiger partial charge in [-0.1, -0.05) is 12.1 Å². The van der Waals surface area contributed by atoms with Gasteiger partial charge in [-0.3, -0.25) is 4.40 Å². The van der Waals surface area contributed by atoms with Crippen molar-refractivity contribution in [3.05, 3.63) is 52.5 Å². The highest BCUT2D eigenvalue weighted by atomic mass is 32.1. The third-order valence-electron chi connectivity index (χ3n) is 2.65. The van der Waals surface area contributed by atoms with Crippen molar-refractivity contribution in [3.8, 4) is 5.88 Å². The van der Waals surface area contributed by atoms with Crippen molar-refractivity contribution < 1.29 is 4.74 Å². The normalized spacial score (nSPS) is 10.9. The van der Waals surface area contributed by atoms with Gasteiger partial charge in [-0.2, -0.15) is 0 Å². The van der Waals surface area contributed by atoms with E-state index in [-0.39, 0.29) is 0 Å². The van der Waals surface area contributed by atoms with Crippen LogP contribution in [0.4, 0.5) is 0 Å². The van der Waals surface area contributed by atoms with Gasteiger partial charge in [0.15, 0.2) is 5.88 Å². The molecule has 3 aromatic heterocycles. The zero-order valence-electron chi connectivity index (χ0n) is 9.46. The first-order valence-corrected chi connectivity index (χ1v) is 6.28. The van der Waals surface area contributed by atoms with Gasteiger partial charge in [0.1, 0.15) is 5.65 Å². The number of imidazole rings is 1. The van der Waals surface area contributed by atoms with E-state index in [2.05, 4.69) is 22.5 Å². The van der Waals surface area contributed by atoms with Gasteiger partial charge in [-0.05, 0) is 23.6 Å². The Kier molecular flexibility index (Phi) is 2.57. The Morgan fingerprint density at radius 3 is 3.00 bits per heavy atom. The van der Waals surface area contributed by atoms with E-state index in [1.54, 1.807) is 18.4 Å². The summed E-state index contributed by atoms with van der Waals surface area (Å²) < 4.78 is 7.28. The molecule has 0 bridgehead atoms. The van der Waals surface area contributed by atoms with Gasteiger partial charge < -0.3 is 4.74 Å². The molecule has 0 aromatic carbocycles. The van der Waals surface area contributed by atoms with Crippen LogP contribution < -0.4 is 4.74 Å². The van der Waals surface area contributed by atoms with Crippen LogP contribution in [0.25, 0.3) is 5.65 Å². The highest BCUT2D eigenvalue weighted by molar-refractivity contribution is 7.09. The summed E-state index contributed by atoms with van der Waals surface area (Å²) in [6, 6.07) is 10.1. The first-order chi connectivity index (χ1) is 8.36. The van der Waals surface area contributed by atoms with E-state index < -0.39 is 0 Å². The summed E-state index contributed by atoms with van der Waals surface area (Å²) in [4.78, 5) is 5.91. The molecular weight excluding hydrogens is 232 g/mol. The van der Waals surface area contributed by atoms with Crippen LogP contribution in [0.5, 0.6) is 5.88 Å². The van der Waals surface area contributed by atoms with Gasteiger partial charge in [0.05, 0.1) is 12.8 Å². The van der Waals surface area contributed by atoms with Crippen molar-refractivity contribution in [2.45, 2.75) is 6.42 Å². The number of hydrogen-bond acceptors (Lipinski definition) is 3. The summed E-state index contributed by atoms with van der Waals surface area (Å²) in [7, 11) is 1.67. The molecule has 3 rings (SSSR count). The molecule has 3 aromatic rings. The Morgan fingerprint density at radius 2 is 2.24 bits per heavy atom. The predicted octanol–water partition coefficient (Wildman–Crippen LogP) is 3.00. The first kappa shape index (κ1) is 10.4. The van der Waals surface area contributed by atoms with Gasteiger partial charge in [0, 0.05) is 17.5 Å². The lowest BCUT2D eigenvalue weighted by Gasteiger charge is -2.01. The standard InChI is InChI=1S/C13H12N2OS/c1-16-13-6-2-5-12-14-10(9-15(12)13)8-11-4-3-7-17-11/h2-7,9H,8H2,1H3. The maximum absolute atomic E-state index is 5.30. The fourth-order valence-electron chi connectivity index (χ4n) is 1.88. The highest BCUT2D eigenvalue weighted by Gasteiger charge is 2.06. The molecule has 86 valence electrons. The van der Waals surface area contributed by atoms with Crippen molar-refractivity contribution in [1.82, 2.24) is 9.38 Å². The van der Waals surface area contributed by atoms with E-state index in [9.17, 15) is 0 Å². The highest BCUT2D eigenvalue weighted by Crippen LogP contribution is 2.18. The Morgan fingerprint density at radius 1 is 1.29 bits per heavy atom. The zero-order valence-corrected chi connectivity index (χ0v) is 10.3. The van der Waals surface area contributed by atoms with Crippen molar-refractivity contribution in [2.24, 2.45) is 0 Å². The molecule has 0 spiro atoms. The Balaban J connectivity index is 2.02. The minimum absolute atomic E-state index is 0.812. The number of pyridine rings is 1. The van der Waals surface area contributed by atoms with E-state index >= 15 is 0 Å². The van der Waals surface area contributed by atoms with E-state index in [1.807, 2.05) is 28.8 Å². The summed E-state index contributed by atoms with van der Waals surface area (Å²) in [6.07, 6.45) is 2.91. The molecule has 4 heteroatoms. The summed E-state index contributed by atoms with van der Waals surface area (Å²) in [5.41, 5.74) is 1.99. The molecule has 0 saturated heterocycles. The average Bonchev–Trinajstić information content (AvgIpc) is 2.97. The van der Waals surface area contributed by atoms with Crippen LogP contribution in [0.2, 0.25) is 0 Å². The molecule has 0 fully saturated rings. The molecule has 0 aliphatic carbocycles. The fraction of sp³-hybridized carbons (Fsp3) is 0.154. The molecule has 17 heavy (non-hydrogen) atoms. The second-order valence-electron chi connectivity index (χ2n) is 3.78. The van der Waals surface area contributed by atoms with Gasteiger partial charge in [0.25, 0.3) is 0 Å². The summed E-state index contributed by atoms with van der Waals surface area (Å²) >= 11 is 1.76. The molecule has 0 radical (unpaired) electrons. The number of ether oxygens (including phenoxy) is 1. The van der Waals surface area contributed by atoms with Gasteiger partial charge in [0.2, 0.25) is 0 Å². The largest absolute Gasteiger partial charge is 0.482 e. The quantitative estimate of drug-likeness (QED) is 0.708. The molecule has 0 atom stereocenters. The predicted molar refractivity (Wildman–Crippen MR) is 68.9 cm³/mol. The molecule has 0 N–H and O–H groups in total. The topological polar surface area (TPSA) is 26.5 Å². The van der Waals surface area contributed by atoms with Crippen molar-refractivity contribution in [2.75, 3.05) is 7.11 Å². The van der Waals surface area contributed by atoms with Crippen molar-refractivity contribution >= 4 is 17.0 Å². The molecule has 0 saturated carbocycles. The van der Waals surface area contributed by atoms with Gasteiger partial charge >= 0.3 is 0 Å². The molecule has 0 aliphatic rings. The lowest BCUT2D eigenvalue weighted by molar-refractivity contribution is 0.392. The van der Waals surface area contributed by atoms with Crippen molar-refractivity contribution in [3.63, 3.8) is 0 Å². The van der Waals surface area contributed by atoms with Crippen molar-refractivity contribution in [1.29, 1.82) is 0 Å². The monoisotopic (exact) mass is 244 g/mol. The third kappa shape index (κ3) is 1.91. The molecule has 0 aliphatic heterocycles. The van der Waals surface area contributed by atoms with Gasteiger partial charge in [-0.25, -0.2) is 4.98 Å². The van der Waals surface area contributed by atoms with E-state index in [0.717, 1.165) is 23.6 Å². The Hall–Kier alpha value is -1.81. The lowest BCUT2D eigenvalue weighted by Crippen LogP contribution is -1.91. The Bertz CT molecular complexity index is 628. The third-order valence-corrected chi connectivity index (χ3v) is 3.53. The first-order valence-electron chi connectivity index (χ1n) is 5.40. The van der Waals surface area contributed by atoms with Crippen LogP contribution in [0.3, 0.4) is 0 Å². The van der Waals surface area contributed by atoms with Gasteiger partial charge in [-0.15, -0.1) is 11.3 Å². The molecule has 3 heterocycles. The molecule has 0 amide bonds. The number of rotatable bonds is 3. The van der Waals surface area contributed by atoms with E-state index in [4.69, 9.17) is 4.74 Å². The maximum atomic E-state index is 5.30. The number of thiophene rings is 1. The van der Waals surface area contributed by atoms with Crippen LogP contribution in [-0.2, 0) is 6.42 Å². The number of methoxy groups -OCH3 is 1. The summed E-state index contributed by atoms with van der Waals surface area (Å²) in [6.45, 7) is 0. The van der Waals surface area contributed by atoms with Crippen LogP contribution in [0, 0.1) is 0 Å². The number of nitrogens with zero attached hydrogens (tertiary/aromatic N) is 2. The number of aromatic nitrogens is 2. The minimum atomic E-state index is 0.812. The molecule has 0 unspecified atom stereocenters. The smallest absolute Gasteiger partial charge is 0.198 e. The average molecular weight is 244 g/mol. The number of hydrogen-bond donors (Lipinski definition) is 0. The minimum Gasteiger partial charge on any atom is -0.482 e. The van der Waals surface area contributed by atoms with Crippen LogP contribution >= 0.6 is 11.3 Å². The lowest BCUT2D eigenvalue weighted by atomic mass is 10.3. The SMILES string of the molecule is COc1cccc2nc(Cc3cccs3)cn12.